The Morgan fingerprint density at radius 3 is 2.72 bits per heavy atom. The maximum atomic E-state index is 11.6. The van der Waals surface area contributed by atoms with Crippen molar-refractivity contribution in [2.24, 2.45) is 4.99 Å². The molecule has 1 saturated carbocycles. The number of imidazole rings is 1. The van der Waals surface area contributed by atoms with Crippen molar-refractivity contribution in [3.63, 3.8) is 0 Å². The number of hydrogen-bond acceptors (Lipinski definition) is 8. The van der Waals surface area contributed by atoms with Crippen molar-refractivity contribution in [1.82, 2.24) is 29.5 Å². The predicted octanol–water partition coefficient (Wildman–Crippen LogP) is 1.96. The molecule has 11 heteroatoms. The van der Waals surface area contributed by atoms with Gasteiger partial charge in [0.05, 0.1) is 30.1 Å². The molecule has 5 heterocycles. The van der Waals surface area contributed by atoms with Crippen molar-refractivity contribution in [2.45, 2.75) is 57.9 Å². The van der Waals surface area contributed by atoms with Gasteiger partial charge in [0.15, 0.2) is 11.1 Å². The Hall–Kier alpha value is -3.28. The van der Waals surface area contributed by atoms with Gasteiger partial charge in [0.1, 0.15) is 5.69 Å². The van der Waals surface area contributed by atoms with Crippen molar-refractivity contribution >= 4 is 23.1 Å². The molecule has 4 aromatic heterocycles. The first-order valence-electron chi connectivity index (χ1n) is 12.3. The van der Waals surface area contributed by atoms with Crippen LogP contribution in [0.4, 0.5) is 0 Å². The summed E-state index contributed by atoms with van der Waals surface area (Å²) < 4.78 is 7.64. The molecule has 36 heavy (non-hydrogen) atoms. The molecule has 3 atom stereocenters. The van der Waals surface area contributed by atoms with Crippen LogP contribution in [0.2, 0.25) is 0 Å². The van der Waals surface area contributed by atoms with E-state index in [0.717, 1.165) is 42.7 Å². The molecule has 0 radical (unpaired) electrons. The highest BCUT2D eigenvalue weighted by Gasteiger charge is 2.27. The minimum Gasteiger partial charge on any atom is -0.493 e. The summed E-state index contributed by atoms with van der Waals surface area (Å²) >= 11 is 1.74. The second-order valence-corrected chi connectivity index (χ2v) is 10.7. The third-order valence-electron chi connectivity index (χ3n) is 6.70. The lowest BCUT2D eigenvalue weighted by molar-refractivity contribution is -0.0786. The van der Waals surface area contributed by atoms with Crippen LogP contribution in [-0.4, -0.2) is 65.9 Å². The van der Waals surface area contributed by atoms with E-state index in [1.54, 1.807) is 28.1 Å². The van der Waals surface area contributed by atoms with Gasteiger partial charge in [-0.25, -0.2) is 9.78 Å². The Bertz CT molecular complexity index is 1590. The molecule has 0 aromatic carbocycles. The number of hydrogen-bond donors (Lipinski definition) is 3. The number of morpholine rings is 1. The minimum atomic E-state index is -0.475. The number of H-pyrrole nitrogens is 2. The van der Waals surface area contributed by atoms with Gasteiger partial charge in [0.25, 0.3) is 0 Å². The number of aromatic hydroxyl groups is 1. The molecular weight excluding hydrogens is 478 g/mol. The summed E-state index contributed by atoms with van der Waals surface area (Å²) in [5, 5.41) is 17.3. The average Bonchev–Trinajstić information content (AvgIpc) is 3.22. The molecule has 4 aromatic rings. The fourth-order valence-corrected chi connectivity index (χ4v) is 5.76. The highest BCUT2D eigenvalue weighted by Crippen LogP contribution is 2.32. The molecule has 1 aliphatic carbocycles. The van der Waals surface area contributed by atoms with Gasteiger partial charge in [-0.15, -0.1) is 11.3 Å². The van der Waals surface area contributed by atoms with E-state index in [0.29, 0.717) is 16.9 Å². The van der Waals surface area contributed by atoms with Crippen LogP contribution in [0.1, 0.15) is 50.2 Å². The van der Waals surface area contributed by atoms with Crippen LogP contribution in [0.5, 0.6) is 5.88 Å². The number of aromatic nitrogens is 5. The Balaban J connectivity index is 1.42. The van der Waals surface area contributed by atoms with Crippen LogP contribution >= 0.6 is 11.3 Å². The second-order valence-electron chi connectivity index (χ2n) is 9.81. The number of nitrogens with one attached hydrogen (secondary N) is 2. The highest BCUT2D eigenvalue weighted by molar-refractivity contribution is 7.10. The van der Waals surface area contributed by atoms with Crippen molar-refractivity contribution in [1.29, 1.82) is 0 Å². The summed E-state index contributed by atoms with van der Waals surface area (Å²) in [7, 11) is 0. The summed E-state index contributed by atoms with van der Waals surface area (Å²) in [6.07, 6.45) is 5.93. The van der Waals surface area contributed by atoms with Crippen molar-refractivity contribution in [3.05, 3.63) is 55.5 Å². The number of aromatic amines is 2. The minimum absolute atomic E-state index is 0.220. The highest BCUT2D eigenvalue weighted by atomic mass is 32.1. The van der Waals surface area contributed by atoms with Crippen molar-refractivity contribution < 1.29 is 9.84 Å². The number of fused-ring (bicyclic) bond motifs is 1. The van der Waals surface area contributed by atoms with E-state index in [1.165, 1.54) is 4.88 Å². The molecule has 2 fully saturated rings. The van der Waals surface area contributed by atoms with Crippen molar-refractivity contribution in [3.8, 4) is 17.1 Å². The Morgan fingerprint density at radius 2 is 2.03 bits per heavy atom. The first-order chi connectivity index (χ1) is 17.3. The molecule has 3 unspecified atom stereocenters. The molecule has 1 saturated heterocycles. The lowest BCUT2D eigenvalue weighted by Crippen LogP contribution is -2.46. The lowest BCUT2D eigenvalue weighted by Gasteiger charge is -2.38. The first kappa shape index (κ1) is 23.1. The van der Waals surface area contributed by atoms with Crippen LogP contribution in [0.15, 0.2) is 33.5 Å². The zero-order valence-electron chi connectivity index (χ0n) is 20.4. The topological polar surface area (TPSA) is 124 Å². The molecule has 188 valence electrons. The molecule has 0 bridgehead atoms. The number of thiophene rings is 1. The molecular formula is C25H29N7O3S. The largest absolute Gasteiger partial charge is 0.493 e. The van der Waals surface area contributed by atoms with Crippen LogP contribution in [-0.2, 0) is 4.74 Å². The van der Waals surface area contributed by atoms with Gasteiger partial charge in [-0.2, -0.15) is 9.61 Å². The summed E-state index contributed by atoms with van der Waals surface area (Å²) in [5.74, 6) is -0.221. The van der Waals surface area contributed by atoms with Gasteiger partial charge >= 0.3 is 5.69 Å². The molecule has 10 nitrogen and oxygen atoms in total. The van der Waals surface area contributed by atoms with Crippen LogP contribution in [0.25, 0.3) is 23.0 Å². The Kier molecular flexibility index (Phi) is 5.78. The lowest BCUT2D eigenvalue weighted by atomic mass is 10.1. The number of ether oxygens (including phenoxy) is 1. The van der Waals surface area contributed by atoms with Crippen LogP contribution < -0.4 is 16.4 Å². The third kappa shape index (κ3) is 4.49. The molecule has 6 rings (SSSR count). The predicted molar refractivity (Wildman–Crippen MR) is 137 cm³/mol. The fourth-order valence-electron chi connectivity index (χ4n) is 4.76. The SMILES string of the molecule is CC1CN(C(C)c2cc(-c3cc(=NC4CC4)n4ncc(=Cc5[nH]c(=O)[nH]c5O)c4n3)cs2)CC(C)O1. The van der Waals surface area contributed by atoms with E-state index in [1.807, 2.05) is 6.07 Å². The van der Waals surface area contributed by atoms with Crippen molar-refractivity contribution in [2.75, 3.05) is 13.1 Å². The third-order valence-corrected chi connectivity index (χ3v) is 7.80. The van der Waals surface area contributed by atoms with E-state index < -0.39 is 5.69 Å². The summed E-state index contributed by atoms with van der Waals surface area (Å²) in [4.78, 5) is 30.1. The number of nitrogens with zero attached hydrogens (tertiary/aromatic N) is 5. The summed E-state index contributed by atoms with van der Waals surface area (Å²) in [6, 6.07) is 4.81. The quantitative estimate of drug-likeness (QED) is 0.379. The molecule has 3 N–H and O–H groups in total. The van der Waals surface area contributed by atoms with E-state index in [4.69, 9.17) is 14.7 Å². The monoisotopic (exact) mass is 507 g/mol. The summed E-state index contributed by atoms with van der Waals surface area (Å²) in [5.41, 5.74) is 3.03. The second kappa shape index (κ2) is 8.99. The van der Waals surface area contributed by atoms with Gasteiger partial charge < -0.3 is 14.8 Å². The van der Waals surface area contributed by atoms with Gasteiger partial charge in [-0.05, 0) is 45.8 Å². The maximum absolute atomic E-state index is 11.6. The maximum Gasteiger partial charge on any atom is 0.326 e. The standard InChI is InChI=1S/C25H29N7O3S/c1-13-10-31(11-14(2)35-13)15(3)21-7-17(12-36-21)19-8-22(27-18-4-5-18)32-23(28-19)16(9-26-32)6-20-24(33)30-25(34)29-20/h6-9,12-15,18,33H,4-5,10-11H2,1-3H3,(H2,29,30,34). The van der Waals surface area contributed by atoms with E-state index >= 15 is 0 Å². The normalized spacial score (nSPS) is 23.1. The average molecular weight is 508 g/mol. The first-order valence-corrected chi connectivity index (χ1v) is 13.2. The zero-order chi connectivity index (χ0) is 25.0. The van der Waals surface area contributed by atoms with E-state index in [-0.39, 0.29) is 29.8 Å². The van der Waals surface area contributed by atoms with E-state index in [9.17, 15) is 9.90 Å². The Labute approximate surface area is 211 Å². The number of rotatable bonds is 5. The van der Waals surface area contributed by atoms with Gasteiger partial charge in [-0.3, -0.25) is 14.9 Å². The molecule has 1 aliphatic heterocycles. The molecule has 0 spiro atoms. The van der Waals surface area contributed by atoms with Crippen LogP contribution in [0, 0.1) is 0 Å². The van der Waals surface area contributed by atoms with Crippen LogP contribution in [0.3, 0.4) is 0 Å². The van der Waals surface area contributed by atoms with E-state index in [2.05, 4.69) is 52.2 Å². The van der Waals surface area contributed by atoms with Gasteiger partial charge in [0, 0.05) is 46.2 Å². The zero-order valence-corrected chi connectivity index (χ0v) is 21.2. The smallest absolute Gasteiger partial charge is 0.326 e. The van der Waals surface area contributed by atoms with Gasteiger partial charge in [0.2, 0.25) is 5.88 Å². The summed E-state index contributed by atoms with van der Waals surface area (Å²) in [6.45, 7) is 8.33. The molecule has 0 amide bonds. The Morgan fingerprint density at radius 1 is 1.25 bits per heavy atom. The van der Waals surface area contributed by atoms with Gasteiger partial charge in [-0.1, -0.05) is 0 Å². The molecule has 2 aliphatic rings. The fraction of sp³-hybridized carbons (Fsp3) is 0.440.